The molecule has 0 fully saturated rings. The lowest BCUT2D eigenvalue weighted by Crippen LogP contribution is -2.03. The molecular formula is C9H7IN2O2. The quantitative estimate of drug-likeness (QED) is 0.819. The third kappa shape index (κ3) is 1.37. The average Bonchev–Trinajstić information content (AvgIpc) is 2.40. The van der Waals surface area contributed by atoms with E-state index in [9.17, 15) is 4.79 Å². The molecule has 0 aliphatic rings. The number of imidazole rings is 1. The lowest BCUT2D eigenvalue weighted by atomic mass is 10.3. The lowest BCUT2D eigenvalue weighted by molar-refractivity contribution is 0.0688. The van der Waals surface area contributed by atoms with E-state index in [0.29, 0.717) is 11.3 Å². The van der Waals surface area contributed by atoms with E-state index in [1.54, 1.807) is 23.6 Å². The number of pyridine rings is 1. The third-order valence-electron chi connectivity index (χ3n) is 1.96. The van der Waals surface area contributed by atoms with Gasteiger partial charge in [0.2, 0.25) is 0 Å². The SMILES string of the molecule is Cc1nc2ccc(I)cn2c1C(=O)O. The largest absolute Gasteiger partial charge is 0.477 e. The molecular weight excluding hydrogens is 295 g/mol. The summed E-state index contributed by atoms with van der Waals surface area (Å²) in [5, 5.41) is 8.98. The average molecular weight is 302 g/mol. The van der Waals surface area contributed by atoms with Gasteiger partial charge in [0, 0.05) is 9.77 Å². The molecule has 0 unspecified atom stereocenters. The van der Waals surface area contributed by atoms with Gasteiger partial charge in [-0.15, -0.1) is 0 Å². The van der Waals surface area contributed by atoms with Crippen LogP contribution >= 0.6 is 22.6 Å². The molecule has 5 heteroatoms. The van der Waals surface area contributed by atoms with Gasteiger partial charge in [0.05, 0.1) is 5.69 Å². The van der Waals surface area contributed by atoms with Crippen molar-refractivity contribution < 1.29 is 9.90 Å². The Bertz CT molecular complexity index is 519. The normalized spacial score (nSPS) is 10.7. The molecule has 0 aliphatic heterocycles. The second kappa shape index (κ2) is 3.23. The molecule has 0 aliphatic carbocycles. The molecule has 0 atom stereocenters. The summed E-state index contributed by atoms with van der Waals surface area (Å²) in [7, 11) is 0. The highest BCUT2D eigenvalue weighted by atomic mass is 127. The zero-order chi connectivity index (χ0) is 10.3. The maximum absolute atomic E-state index is 10.9. The number of hydrogen-bond donors (Lipinski definition) is 1. The van der Waals surface area contributed by atoms with Gasteiger partial charge in [-0.05, 0) is 41.6 Å². The van der Waals surface area contributed by atoms with E-state index < -0.39 is 5.97 Å². The molecule has 14 heavy (non-hydrogen) atoms. The Hall–Kier alpha value is -1.11. The minimum Gasteiger partial charge on any atom is -0.477 e. The van der Waals surface area contributed by atoms with E-state index in [2.05, 4.69) is 27.6 Å². The number of carbonyl (C=O) groups is 1. The standard InChI is InChI=1S/C9H7IN2O2/c1-5-8(9(13)14)12-4-6(10)2-3-7(12)11-5/h2-4H,1H3,(H,13,14). The molecule has 0 amide bonds. The van der Waals surface area contributed by atoms with Crippen molar-refractivity contribution >= 4 is 34.2 Å². The Kier molecular flexibility index (Phi) is 2.18. The molecule has 0 aromatic carbocycles. The van der Waals surface area contributed by atoms with Gasteiger partial charge >= 0.3 is 5.97 Å². The Morgan fingerprint density at radius 1 is 1.57 bits per heavy atom. The zero-order valence-electron chi connectivity index (χ0n) is 7.36. The summed E-state index contributed by atoms with van der Waals surface area (Å²) < 4.78 is 2.58. The number of hydrogen-bond acceptors (Lipinski definition) is 2. The predicted molar refractivity (Wildman–Crippen MR) is 59.6 cm³/mol. The van der Waals surface area contributed by atoms with Gasteiger partial charge in [0.15, 0.2) is 5.69 Å². The molecule has 2 aromatic rings. The van der Waals surface area contributed by atoms with Crippen LogP contribution in [-0.2, 0) is 0 Å². The van der Waals surface area contributed by atoms with Crippen LogP contribution in [0.5, 0.6) is 0 Å². The van der Waals surface area contributed by atoms with Crippen LogP contribution in [-0.4, -0.2) is 20.5 Å². The molecule has 72 valence electrons. The Labute approximate surface area is 93.7 Å². The second-order valence-corrected chi connectivity index (χ2v) is 4.17. The molecule has 0 spiro atoms. The second-order valence-electron chi connectivity index (χ2n) is 2.93. The monoisotopic (exact) mass is 302 g/mol. The van der Waals surface area contributed by atoms with Crippen molar-refractivity contribution in [2.75, 3.05) is 0 Å². The predicted octanol–water partition coefficient (Wildman–Crippen LogP) is 1.95. The van der Waals surface area contributed by atoms with Crippen molar-refractivity contribution in [3.05, 3.63) is 33.3 Å². The number of aryl methyl sites for hydroxylation is 1. The number of aromatic carboxylic acids is 1. The molecule has 0 radical (unpaired) electrons. The van der Waals surface area contributed by atoms with Gasteiger partial charge in [-0.2, -0.15) is 0 Å². The van der Waals surface area contributed by atoms with Gasteiger partial charge in [0.25, 0.3) is 0 Å². The third-order valence-corrected chi connectivity index (χ3v) is 2.60. The lowest BCUT2D eigenvalue weighted by Gasteiger charge is -1.97. The van der Waals surface area contributed by atoms with Crippen molar-refractivity contribution in [3.8, 4) is 0 Å². The Morgan fingerprint density at radius 2 is 2.29 bits per heavy atom. The summed E-state index contributed by atoms with van der Waals surface area (Å²) >= 11 is 2.14. The summed E-state index contributed by atoms with van der Waals surface area (Å²) in [6, 6.07) is 3.70. The van der Waals surface area contributed by atoms with Gasteiger partial charge < -0.3 is 5.11 Å². The maximum Gasteiger partial charge on any atom is 0.354 e. The molecule has 1 N–H and O–H groups in total. The minimum absolute atomic E-state index is 0.235. The van der Waals surface area contributed by atoms with E-state index in [4.69, 9.17) is 5.11 Å². The van der Waals surface area contributed by atoms with Gasteiger partial charge in [-0.3, -0.25) is 4.40 Å². The van der Waals surface area contributed by atoms with Crippen LogP contribution < -0.4 is 0 Å². The first kappa shape index (κ1) is 9.45. The van der Waals surface area contributed by atoms with Crippen LogP contribution in [0.2, 0.25) is 0 Å². The first-order valence-corrected chi connectivity index (χ1v) is 5.05. The van der Waals surface area contributed by atoms with Gasteiger partial charge in [-0.25, -0.2) is 9.78 Å². The fourth-order valence-corrected chi connectivity index (χ4v) is 1.85. The highest BCUT2D eigenvalue weighted by Gasteiger charge is 2.14. The van der Waals surface area contributed by atoms with E-state index >= 15 is 0 Å². The molecule has 0 bridgehead atoms. The topological polar surface area (TPSA) is 54.6 Å². The number of nitrogens with zero attached hydrogens (tertiary/aromatic N) is 2. The van der Waals surface area contributed by atoms with Crippen molar-refractivity contribution in [1.29, 1.82) is 0 Å². The molecule has 0 saturated heterocycles. The van der Waals surface area contributed by atoms with Crippen LogP contribution in [0.15, 0.2) is 18.3 Å². The highest BCUT2D eigenvalue weighted by molar-refractivity contribution is 14.1. The summed E-state index contributed by atoms with van der Waals surface area (Å²) in [6.07, 6.45) is 1.76. The van der Waals surface area contributed by atoms with E-state index in [1.807, 2.05) is 6.07 Å². The number of halogens is 1. The maximum atomic E-state index is 10.9. The van der Waals surface area contributed by atoms with Crippen molar-refractivity contribution in [2.45, 2.75) is 6.92 Å². The summed E-state index contributed by atoms with van der Waals surface area (Å²) in [5.74, 6) is -0.947. The number of fused-ring (bicyclic) bond motifs is 1. The number of aromatic nitrogens is 2. The Morgan fingerprint density at radius 3 is 2.93 bits per heavy atom. The van der Waals surface area contributed by atoms with Crippen LogP contribution in [0.3, 0.4) is 0 Å². The van der Waals surface area contributed by atoms with Crippen molar-refractivity contribution in [2.24, 2.45) is 0 Å². The fraction of sp³-hybridized carbons (Fsp3) is 0.111. The molecule has 2 rings (SSSR count). The molecule has 2 heterocycles. The van der Waals surface area contributed by atoms with E-state index in [1.165, 1.54) is 0 Å². The highest BCUT2D eigenvalue weighted by Crippen LogP contribution is 2.14. The number of carboxylic acid groups (broad SMARTS) is 1. The summed E-state index contributed by atoms with van der Waals surface area (Å²) in [4.78, 5) is 15.1. The smallest absolute Gasteiger partial charge is 0.354 e. The fourth-order valence-electron chi connectivity index (χ4n) is 1.39. The van der Waals surface area contributed by atoms with Crippen LogP contribution in [0, 0.1) is 10.5 Å². The van der Waals surface area contributed by atoms with Crippen LogP contribution in [0.1, 0.15) is 16.2 Å². The van der Waals surface area contributed by atoms with E-state index in [-0.39, 0.29) is 5.69 Å². The molecule has 2 aromatic heterocycles. The summed E-state index contributed by atoms with van der Waals surface area (Å²) in [6.45, 7) is 1.70. The molecule has 4 nitrogen and oxygen atoms in total. The summed E-state index contributed by atoms with van der Waals surface area (Å²) in [5.41, 5.74) is 1.44. The minimum atomic E-state index is -0.947. The zero-order valence-corrected chi connectivity index (χ0v) is 9.52. The Balaban J connectivity index is 2.86. The number of rotatable bonds is 1. The van der Waals surface area contributed by atoms with Gasteiger partial charge in [0.1, 0.15) is 5.65 Å². The first-order valence-electron chi connectivity index (χ1n) is 3.97. The first-order chi connectivity index (χ1) is 6.59. The van der Waals surface area contributed by atoms with Crippen molar-refractivity contribution in [1.82, 2.24) is 9.38 Å². The van der Waals surface area contributed by atoms with E-state index in [0.717, 1.165) is 3.57 Å². The molecule has 0 saturated carbocycles. The number of carboxylic acids is 1. The van der Waals surface area contributed by atoms with Gasteiger partial charge in [-0.1, -0.05) is 0 Å². The van der Waals surface area contributed by atoms with Crippen LogP contribution in [0.4, 0.5) is 0 Å². The van der Waals surface area contributed by atoms with Crippen molar-refractivity contribution in [3.63, 3.8) is 0 Å². The van der Waals surface area contributed by atoms with Crippen LogP contribution in [0.25, 0.3) is 5.65 Å².